The van der Waals surface area contributed by atoms with Gasteiger partial charge in [0.25, 0.3) is 0 Å². The molecule has 6 atom stereocenters. The number of nitrogens with zero attached hydrogens (tertiary/aromatic N) is 3. The fourth-order valence-corrected chi connectivity index (χ4v) is 6.18. The van der Waals surface area contributed by atoms with Gasteiger partial charge in [0, 0.05) is 29.4 Å². The number of amides is 1. The summed E-state index contributed by atoms with van der Waals surface area (Å²) < 4.78 is 0. The van der Waals surface area contributed by atoms with Crippen LogP contribution in [0.25, 0.3) is 11.4 Å². The molecule has 4 unspecified atom stereocenters. The number of Topliss-reactive ketones (excluding diaryl/α,β-unsaturated/α-hetero) is 4. The minimum absolute atomic E-state index is 0.0634. The van der Waals surface area contributed by atoms with E-state index in [1.165, 1.54) is 4.90 Å². The summed E-state index contributed by atoms with van der Waals surface area (Å²) in [5.74, 6) is -9.11. The smallest absolute Gasteiger partial charge is 0.235 e. The van der Waals surface area contributed by atoms with E-state index >= 15 is 0 Å². The molecule has 0 radical (unpaired) electrons. The molecular weight excluding hydrogens is 452 g/mol. The zero-order valence-electron chi connectivity index (χ0n) is 19.2. The number of likely N-dealkylation sites (N-methyl/N-ethyl adjacent to an activating group) is 1. The molecule has 180 valence electrons. The van der Waals surface area contributed by atoms with Gasteiger partial charge >= 0.3 is 0 Å². The van der Waals surface area contributed by atoms with Gasteiger partial charge in [0.1, 0.15) is 0 Å². The van der Waals surface area contributed by atoms with Crippen LogP contribution in [0.2, 0.25) is 0 Å². The van der Waals surface area contributed by atoms with Crippen LogP contribution in [-0.4, -0.2) is 74.8 Å². The van der Waals surface area contributed by atoms with Crippen molar-refractivity contribution in [3.05, 3.63) is 47.8 Å². The molecule has 2 aromatic rings. The van der Waals surface area contributed by atoms with Crippen molar-refractivity contribution < 1.29 is 29.1 Å². The first-order valence-electron chi connectivity index (χ1n) is 11.3. The minimum atomic E-state index is -2.66. The van der Waals surface area contributed by atoms with Crippen molar-refractivity contribution >= 4 is 29.0 Å². The average Bonchev–Trinajstić information content (AvgIpc) is 2.81. The zero-order chi connectivity index (χ0) is 25.2. The second-order valence-corrected chi connectivity index (χ2v) is 9.69. The van der Waals surface area contributed by atoms with Crippen LogP contribution in [0, 0.1) is 23.7 Å². The van der Waals surface area contributed by atoms with Gasteiger partial charge in [-0.15, -0.1) is 0 Å². The van der Waals surface area contributed by atoms with Gasteiger partial charge in [0.05, 0.1) is 12.0 Å². The highest BCUT2D eigenvalue weighted by molar-refractivity contribution is 6.32. The SMILES string of the molecule is CN(C)[C@H]1C(=O)C(C(N)=O)C(=O)[C@@]2(O)C(=O)C3C(=O)c4cccc(-c5ncccn5)c4CC3CC12. The maximum atomic E-state index is 13.7. The number of carbonyl (C=O) groups is 5. The number of primary amides is 1. The molecule has 2 saturated carbocycles. The molecule has 2 fully saturated rings. The highest BCUT2D eigenvalue weighted by Gasteiger charge is 2.69. The minimum Gasteiger partial charge on any atom is -0.374 e. The van der Waals surface area contributed by atoms with E-state index in [2.05, 4.69) is 9.97 Å². The highest BCUT2D eigenvalue weighted by atomic mass is 16.3. The molecule has 1 aromatic carbocycles. The molecule has 10 nitrogen and oxygen atoms in total. The summed E-state index contributed by atoms with van der Waals surface area (Å²) in [4.78, 5) is 75.8. The number of ketones is 4. The molecule has 0 spiro atoms. The van der Waals surface area contributed by atoms with Gasteiger partial charge in [-0.1, -0.05) is 18.2 Å². The number of hydrogen-bond acceptors (Lipinski definition) is 9. The molecule has 1 aromatic heterocycles. The standard InChI is InChI=1S/C25H24N4O6/c1-29(2)18-15-10-11-9-14-12(5-3-6-13(14)24-27-7-4-8-28-24)19(30)16(11)21(32)25(15,35)22(33)17(20(18)31)23(26)34/h3-8,11,15-18,35H,9-10H2,1-2H3,(H2,26,34)/t11?,15?,16?,17?,18-,25+/m1/s1. The molecule has 0 aliphatic heterocycles. The zero-order valence-corrected chi connectivity index (χ0v) is 19.2. The van der Waals surface area contributed by atoms with Gasteiger partial charge in [-0.2, -0.15) is 0 Å². The van der Waals surface area contributed by atoms with Crippen LogP contribution in [-0.2, 0) is 25.6 Å². The first-order valence-corrected chi connectivity index (χ1v) is 11.3. The third-order valence-corrected chi connectivity index (χ3v) is 7.66. The summed E-state index contributed by atoms with van der Waals surface area (Å²) in [7, 11) is 3.14. The van der Waals surface area contributed by atoms with Crippen molar-refractivity contribution in [1.29, 1.82) is 0 Å². The van der Waals surface area contributed by atoms with E-state index in [0.29, 0.717) is 28.9 Å². The Labute approximate surface area is 200 Å². The van der Waals surface area contributed by atoms with E-state index in [-0.39, 0.29) is 6.42 Å². The number of benzene rings is 1. The van der Waals surface area contributed by atoms with Gasteiger partial charge in [-0.05, 0) is 44.5 Å². The number of aliphatic hydroxyl groups is 1. The Morgan fingerprint density at radius 2 is 1.71 bits per heavy atom. The van der Waals surface area contributed by atoms with Crippen LogP contribution in [0.3, 0.4) is 0 Å². The molecule has 5 rings (SSSR count). The second kappa shape index (κ2) is 7.96. The molecule has 3 aliphatic carbocycles. The summed E-state index contributed by atoms with van der Waals surface area (Å²) in [5, 5.41) is 11.6. The van der Waals surface area contributed by atoms with Crippen molar-refractivity contribution in [3.8, 4) is 11.4 Å². The summed E-state index contributed by atoms with van der Waals surface area (Å²) in [6.07, 6.45) is 3.55. The van der Waals surface area contributed by atoms with Crippen LogP contribution in [0.15, 0.2) is 36.7 Å². The predicted molar refractivity (Wildman–Crippen MR) is 121 cm³/mol. The first kappa shape index (κ1) is 23.1. The van der Waals surface area contributed by atoms with Gasteiger partial charge in [-0.3, -0.25) is 28.9 Å². The van der Waals surface area contributed by atoms with Crippen LogP contribution in [0.4, 0.5) is 0 Å². The summed E-state index contributed by atoms with van der Waals surface area (Å²) >= 11 is 0. The third kappa shape index (κ3) is 3.13. The van der Waals surface area contributed by atoms with Crippen LogP contribution < -0.4 is 5.73 Å². The van der Waals surface area contributed by atoms with E-state index in [9.17, 15) is 29.1 Å². The Hall–Kier alpha value is -3.63. The molecule has 3 N–H and O–H groups in total. The van der Waals surface area contributed by atoms with Crippen LogP contribution in [0.1, 0.15) is 22.3 Å². The number of rotatable bonds is 3. The maximum absolute atomic E-state index is 13.7. The number of aromatic nitrogens is 2. The Morgan fingerprint density at radius 3 is 2.34 bits per heavy atom. The fourth-order valence-electron chi connectivity index (χ4n) is 6.18. The fraction of sp³-hybridized carbons (Fsp3) is 0.400. The topological polar surface area (TPSA) is 161 Å². The van der Waals surface area contributed by atoms with E-state index in [1.54, 1.807) is 50.8 Å². The van der Waals surface area contributed by atoms with Gasteiger partial charge < -0.3 is 10.8 Å². The lowest BCUT2D eigenvalue weighted by atomic mass is 9.52. The van der Waals surface area contributed by atoms with E-state index in [0.717, 1.165) is 0 Å². The van der Waals surface area contributed by atoms with Gasteiger partial charge in [-0.25, -0.2) is 9.97 Å². The van der Waals surface area contributed by atoms with Crippen LogP contribution in [0.5, 0.6) is 0 Å². The van der Waals surface area contributed by atoms with Crippen molar-refractivity contribution in [1.82, 2.24) is 14.9 Å². The Bertz CT molecular complexity index is 1290. The third-order valence-electron chi connectivity index (χ3n) is 7.66. The molecule has 3 aliphatic rings. The number of fused-ring (bicyclic) bond motifs is 3. The lowest BCUT2D eigenvalue weighted by molar-refractivity contribution is -0.181. The largest absolute Gasteiger partial charge is 0.374 e. The van der Waals surface area contributed by atoms with Gasteiger partial charge in [0.15, 0.2) is 40.5 Å². The molecule has 35 heavy (non-hydrogen) atoms. The maximum Gasteiger partial charge on any atom is 0.235 e. The molecular formula is C25H24N4O6. The van der Waals surface area contributed by atoms with Gasteiger partial charge in [0.2, 0.25) is 5.91 Å². The van der Waals surface area contributed by atoms with E-state index in [4.69, 9.17) is 5.73 Å². The Morgan fingerprint density at radius 1 is 1.06 bits per heavy atom. The van der Waals surface area contributed by atoms with Crippen molar-refractivity contribution in [3.63, 3.8) is 0 Å². The Balaban J connectivity index is 1.64. The van der Waals surface area contributed by atoms with E-state index < -0.39 is 64.4 Å². The summed E-state index contributed by atoms with van der Waals surface area (Å²) in [5.41, 5.74) is 4.33. The highest BCUT2D eigenvalue weighted by Crippen LogP contribution is 2.50. The molecule has 10 heteroatoms. The van der Waals surface area contributed by atoms with Crippen LogP contribution >= 0.6 is 0 Å². The number of carbonyl (C=O) groups excluding carboxylic acids is 5. The Kier molecular flexibility index (Phi) is 5.26. The van der Waals surface area contributed by atoms with Crippen molar-refractivity contribution in [2.75, 3.05) is 14.1 Å². The lowest BCUT2D eigenvalue weighted by Gasteiger charge is -2.52. The van der Waals surface area contributed by atoms with Crippen molar-refractivity contribution in [2.45, 2.75) is 24.5 Å². The molecule has 1 heterocycles. The first-order chi connectivity index (χ1) is 16.6. The average molecular weight is 476 g/mol. The number of hydrogen-bond donors (Lipinski definition) is 2. The second-order valence-electron chi connectivity index (χ2n) is 9.69. The molecule has 0 bridgehead atoms. The normalized spacial score (nSPS) is 32.2. The number of nitrogens with two attached hydrogens (primary N) is 1. The van der Waals surface area contributed by atoms with E-state index in [1.807, 2.05) is 0 Å². The summed E-state index contributed by atoms with van der Waals surface area (Å²) in [6.45, 7) is 0. The van der Waals surface area contributed by atoms with Crippen molar-refractivity contribution in [2.24, 2.45) is 29.4 Å². The molecule has 0 saturated heterocycles. The predicted octanol–water partition coefficient (Wildman–Crippen LogP) is -0.382. The quantitative estimate of drug-likeness (QED) is 0.563. The molecule has 1 amide bonds. The monoisotopic (exact) mass is 476 g/mol. The lowest BCUT2D eigenvalue weighted by Crippen LogP contribution is -2.74. The summed E-state index contributed by atoms with van der Waals surface area (Å²) in [6, 6.07) is 5.66.